The number of anilines is 1. The van der Waals surface area contributed by atoms with Gasteiger partial charge in [0, 0.05) is 37.5 Å². The molecule has 7 rings (SSSR count). The summed E-state index contributed by atoms with van der Waals surface area (Å²) in [7, 11) is 1.83. The van der Waals surface area contributed by atoms with Crippen molar-refractivity contribution < 1.29 is 23.5 Å². The minimum Gasteiger partial charge on any atom is -0.491 e. The summed E-state index contributed by atoms with van der Waals surface area (Å²) in [5.41, 5.74) is 5.29. The second kappa shape index (κ2) is 10.1. The van der Waals surface area contributed by atoms with Gasteiger partial charge in [-0.3, -0.25) is 14.3 Å². The third kappa shape index (κ3) is 4.56. The van der Waals surface area contributed by atoms with Crippen LogP contribution in [0, 0.1) is 5.82 Å². The molecule has 0 bridgehead atoms. The molecule has 1 fully saturated rings. The Labute approximate surface area is 240 Å². The summed E-state index contributed by atoms with van der Waals surface area (Å²) in [5.74, 6) is -0.394. The Morgan fingerprint density at radius 1 is 1.21 bits per heavy atom. The van der Waals surface area contributed by atoms with E-state index < -0.39 is 17.7 Å². The second-order valence-corrected chi connectivity index (χ2v) is 10.6. The van der Waals surface area contributed by atoms with Gasteiger partial charge in [-0.1, -0.05) is 12.1 Å². The van der Waals surface area contributed by atoms with Crippen LogP contribution in [0.15, 0.2) is 55.0 Å². The van der Waals surface area contributed by atoms with Crippen molar-refractivity contribution >= 4 is 28.7 Å². The molecule has 0 spiro atoms. The first-order valence-electron chi connectivity index (χ1n) is 13.7. The van der Waals surface area contributed by atoms with Crippen LogP contribution in [0.2, 0.25) is 0 Å². The first-order valence-corrected chi connectivity index (χ1v) is 13.7. The highest BCUT2D eigenvalue weighted by Crippen LogP contribution is 2.43. The molecule has 212 valence electrons. The van der Waals surface area contributed by atoms with E-state index in [1.54, 1.807) is 29.2 Å². The fourth-order valence-electron chi connectivity index (χ4n) is 5.51. The molecule has 4 heterocycles. The van der Waals surface area contributed by atoms with E-state index in [4.69, 9.17) is 9.47 Å². The molecule has 5 aromatic rings. The highest BCUT2D eigenvalue weighted by atomic mass is 19.1. The number of esters is 1. The van der Waals surface area contributed by atoms with E-state index >= 15 is 4.39 Å². The van der Waals surface area contributed by atoms with E-state index in [-0.39, 0.29) is 31.1 Å². The van der Waals surface area contributed by atoms with Crippen LogP contribution < -0.4 is 9.64 Å². The lowest BCUT2D eigenvalue weighted by Crippen LogP contribution is -2.33. The molecule has 11 heteroatoms. The van der Waals surface area contributed by atoms with Crippen molar-refractivity contribution in [1.82, 2.24) is 24.7 Å². The zero-order valence-corrected chi connectivity index (χ0v) is 23.1. The van der Waals surface area contributed by atoms with Crippen molar-refractivity contribution in [2.75, 3.05) is 18.1 Å². The number of amides is 1. The minimum atomic E-state index is -0.597. The van der Waals surface area contributed by atoms with E-state index in [1.165, 1.54) is 17.9 Å². The monoisotopic (exact) mass is 566 g/mol. The fourth-order valence-corrected chi connectivity index (χ4v) is 5.51. The molecule has 0 unspecified atom stereocenters. The summed E-state index contributed by atoms with van der Waals surface area (Å²) >= 11 is 0. The van der Waals surface area contributed by atoms with Crippen LogP contribution in [0.4, 0.5) is 10.1 Å². The zero-order chi connectivity index (χ0) is 29.0. The smallest absolute Gasteiger partial charge is 0.302 e. The number of fused-ring (bicyclic) bond motifs is 2. The summed E-state index contributed by atoms with van der Waals surface area (Å²) in [6.45, 7) is 1.59. The molecule has 0 saturated heterocycles. The highest BCUT2D eigenvalue weighted by molar-refractivity contribution is 6.09. The summed E-state index contributed by atoms with van der Waals surface area (Å²) in [6, 6.07) is 10.6. The van der Waals surface area contributed by atoms with Gasteiger partial charge in [0.2, 0.25) is 0 Å². The first-order chi connectivity index (χ1) is 20.4. The van der Waals surface area contributed by atoms with Gasteiger partial charge in [-0.25, -0.2) is 14.4 Å². The number of pyridine rings is 1. The number of H-pyrrole nitrogens is 1. The molecular formula is C31H27FN6O4. The van der Waals surface area contributed by atoms with Crippen LogP contribution in [-0.4, -0.2) is 49.8 Å². The molecule has 1 amide bonds. The number of hydrogen-bond acceptors (Lipinski definition) is 7. The van der Waals surface area contributed by atoms with E-state index in [2.05, 4.69) is 20.1 Å². The highest BCUT2D eigenvalue weighted by Gasteiger charge is 2.33. The average Bonchev–Trinajstić information content (AvgIpc) is 3.63. The summed E-state index contributed by atoms with van der Waals surface area (Å²) in [4.78, 5) is 39.8. The van der Waals surface area contributed by atoms with Crippen molar-refractivity contribution in [2.24, 2.45) is 7.05 Å². The summed E-state index contributed by atoms with van der Waals surface area (Å²) in [6.07, 6.45) is 7.23. The SMILES string of the molecule is CC(=O)OCc1c(-c2ccnc3nc(-c4cnn(C)c4)[nH]c23)cccc1N1CCOc2cc(C3CC3)cc(F)c2C1=O. The Morgan fingerprint density at radius 2 is 2.07 bits per heavy atom. The van der Waals surface area contributed by atoms with Gasteiger partial charge in [-0.05, 0) is 54.2 Å². The molecule has 0 atom stereocenters. The lowest BCUT2D eigenvalue weighted by molar-refractivity contribution is -0.142. The Hall–Kier alpha value is -5.06. The summed E-state index contributed by atoms with van der Waals surface area (Å²) in [5, 5.41) is 4.23. The number of aromatic amines is 1. The van der Waals surface area contributed by atoms with Gasteiger partial charge in [0.15, 0.2) is 5.65 Å². The van der Waals surface area contributed by atoms with Crippen LogP contribution in [0.25, 0.3) is 33.7 Å². The number of aryl methyl sites for hydroxylation is 1. The average molecular weight is 567 g/mol. The lowest BCUT2D eigenvalue weighted by Gasteiger charge is -2.25. The molecule has 1 N–H and O–H groups in total. The molecule has 1 saturated carbocycles. The maximum Gasteiger partial charge on any atom is 0.302 e. The number of rotatable bonds is 6. The molecule has 2 aliphatic rings. The molecule has 1 aliphatic heterocycles. The van der Waals surface area contributed by atoms with E-state index in [9.17, 15) is 9.59 Å². The molecular weight excluding hydrogens is 539 g/mol. The fraction of sp³-hybridized carbons (Fsp3) is 0.258. The molecule has 0 radical (unpaired) electrons. The van der Waals surface area contributed by atoms with Gasteiger partial charge in [-0.15, -0.1) is 0 Å². The molecule has 1 aliphatic carbocycles. The predicted octanol–water partition coefficient (Wildman–Crippen LogP) is 5.14. The Bertz CT molecular complexity index is 1870. The van der Waals surface area contributed by atoms with Crippen molar-refractivity contribution in [3.05, 3.63) is 77.5 Å². The number of halogens is 1. The van der Waals surface area contributed by atoms with Gasteiger partial charge in [0.05, 0.1) is 29.5 Å². The van der Waals surface area contributed by atoms with Crippen molar-refractivity contribution in [3.8, 4) is 28.3 Å². The normalized spacial score (nSPS) is 14.9. The van der Waals surface area contributed by atoms with Crippen LogP contribution >= 0.6 is 0 Å². The second-order valence-electron chi connectivity index (χ2n) is 10.6. The van der Waals surface area contributed by atoms with Gasteiger partial charge >= 0.3 is 5.97 Å². The van der Waals surface area contributed by atoms with Gasteiger partial charge in [0.1, 0.15) is 36.2 Å². The van der Waals surface area contributed by atoms with Crippen LogP contribution in [0.5, 0.6) is 5.75 Å². The number of ether oxygens (including phenoxy) is 2. The number of nitrogens with zero attached hydrogens (tertiary/aromatic N) is 5. The predicted molar refractivity (Wildman–Crippen MR) is 153 cm³/mol. The third-order valence-electron chi connectivity index (χ3n) is 7.68. The number of benzene rings is 2. The Balaban J connectivity index is 1.35. The number of carbonyl (C=O) groups is 2. The van der Waals surface area contributed by atoms with E-state index in [0.717, 1.165) is 29.5 Å². The Morgan fingerprint density at radius 3 is 2.83 bits per heavy atom. The Kier molecular flexibility index (Phi) is 6.22. The maximum atomic E-state index is 15.4. The molecule has 10 nitrogen and oxygen atoms in total. The van der Waals surface area contributed by atoms with Gasteiger partial charge in [-0.2, -0.15) is 5.10 Å². The van der Waals surface area contributed by atoms with Crippen LogP contribution in [0.1, 0.15) is 47.2 Å². The van der Waals surface area contributed by atoms with Crippen LogP contribution in [-0.2, 0) is 23.2 Å². The molecule has 42 heavy (non-hydrogen) atoms. The number of hydrogen-bond donors (Lipinski definition) is 1. The van der Waals surface area contributed by atoms with E-state index in [1.807, 2.05) is 31.4 Å². The third-order valence-corrected chi connectivity index (χ3v) is 7.68. The topological polar surface area (TPSA) is 115 Å². The quantitative estimate of drug-likeness (QED) is 0.283. The van der Waals surface area contributed by atoms with Gasteiger partial charge in [0.25, 0.3) is 5.91 Å². The zero-order valence-electron chi connectivity index (χ0n) is 23.1. The molecule has 3 aromatic heterocycles. The van der Waals surface area contributed by atoms with Crippen LogP contribution in [0.3, 0.4) is 0 Å². The van der Waals surface area contributed by atoms with E-state index in [0.29, 0.717) is 39.7 Å². The maximum absolute atomic E-state index is 15.4. The lowest BCUT2D eigenvalue weighted by atomic mass is 9.97. The minimum absolute atomic E-state index is 0.0956. The van der Waals surface area contributed by atoms with Crippen molar-refractivity contribution in [2.45, 2.75) is 32.3 Å². The number of imidazole rings is 1. The van der Waals surface area contributed by atoms with Gasteiger partial charge < -0.3 is 19.4 Å². The molecule has 2 aromatic carbocycles. The number of nitrogens with one attached hydrogen (secondary N) is 1. The summed E-state index contributed by atoms with van der Waals surface area (Å²) < 4.78 is 28.5. The largest absolute Gasteiger partial charge is 0.491 e. The standard InChI is InChI=1S/C31H27FN6O4/c1-17(39)42-16-23-21(22-8-9-33-30-28(22)35-29(36-30)20-14-34-37(2)15-20)4-3-5-25(23)38-10-11-41-26-13-19(18-6-7-18)12-24(32)27(26)31(38)40/h3-5,8-9,12-15,18H,6-7,10-11,16H2,1-2H3,(H,33,35,36). The number of aromatic nitrogens is 5. The number of carbonyl (C=O) groups excluding carboxylic acids is 2. The van der Waals surface area contributed by atoms with Crippen molar-refractivity contribution in [3.63, 3.8) is 0 Å². The van der Waals surface area contributed by atoms with Crippen molar-refractivity contribution in [1.29, 1.82) is 0 Å². The first kappa shape index (κ1) is 25.9.